The third-order valence-corrected chi connectivity index (χ3v) is 19.0. The Labute approximate surface area is 300 Å². The van der Waals surface area contributed by atoms with Crippen molar-refractivity contribution in [2.24, 2.45) is 11.3 Å². The Bertz CT molecular complexity index is 1650. The molecule has 3 aromatic rings. The number of hydrogen-bond donors (Lipinski definition) is 0. The summed E-state index contributed by atoms with van der Waals surface area (Å²) in [5, 5.41) is 1.37. The summed E-state index contributed by atoms with van der Waals surface area (Å²) >= 11 is 1.83. The summed E-state index contributed by atoms with van der Waals surface area (Å²) in [5.41, 5.74) is 5.30. The lowest BCUT2D eigenvalue weighted by molar-refractivity contribution is -0.127. The van der Waals surface area contributed by atoms with E-state index in [1.807, 2.05) is 11.3 Å². The molecule has 5 nitrogen and oxygen atoms in total. The molecular formula is C42H58N2O3SSi. The maximum atomic E-state index is 15.2. The molecule has 0 radical (unpaired) electrons. The van der Waals surface area contributed by atoms with Gasteiger partial charge >= 0.3 is 0 Å². The third-order valence-electron chi connectivity index (χ3n) is 13.3. The monoisotopic (exact) mass is 698 g/mol. The molecule has 5 aliphatic carbocycles. The van der Waals surface area contributed by atoms with Crippen LogP contribution in [-0.4, -0.2) is 39.0 Å². The van der Waals surface area contributed by atoms with E-state index < -0.39 is 8.32 Å². The van der Waals surface area contributed by atoms with Gasteiger partial charge in [-0.1, -0.05) is 57.9 Å². The van der Waals surface area contributed by atoms with E-state index in [9.17, 15) is 0 Å². The van der Waals surface area contributed by atoms with Gasteiger partial charge in [-0.25, -0.2) is 4.98 Å². The van der Waals surface area contributed by atoms with E-state index in [1.54, 1.807) is 7.11 Å². The van der Waals surface area contributed by atoms with Gasteiger partial charge in [0.25, 0.3) is 0 Å². The number of aryl methyl sites for hydroxylation is 1. The van der Waals surface area contributed by atoms with E-state index in [-0.39, 0.29) is 33.8 Å². The predicted octanol–water partition coefficient (Wildman–Crippen LogP) is 11.2. The molecule has 1 heterocycles. The van der Waals surface area contributed by atoms with Gasteiger partial charge in [0.1, 0.15) is 5.75 Å². The molecule has 0 saturated heterocycles. The number of carbonyl (C=O) groups excluding carboxylic acids is 1. The first-order chi connectivity index (χ1) is 23.3. The van der Waals surface area contributed by atoms with Crippen LogP contribution < -0.4 is 9.64 Å². The van der Waals surface area contributed by atoms with Crippen molar-refractivity contribution < 1.29 is 14.0 Å². The zero-order chi connectivity index (χ0) is 34.6. The van der Waals surface area contributed by atoms with E-state index in [1.165, 1.54) is 58.7 Å². The number of nitrogens with zero attached hydrogens (tertiary/aromatic N) is 2. The Hall–Kier alpha value is -2.48. The summed E-state index contributed by atoms with van der Waals surface area (Å²) in [5.74, 6) is 1.81. The molecule has 1 aromatic heterocycles. The van der Waals surface area contributed by atoms with Crippen LogP contribution in [0.3, 0.4) is 0 Å². The second kappa shape index (κ2) is 13.2. The number of aromatic nitrogens is 1. The third kappa shape index (κ3) is 6.93. The maximum absolute atomic E-state index is 15.2. The van der Waals surface area contributed by atoms with E-state index in [2.05, 4.69) is 94.4 Å². The first-order valence-electron chi connectivity index (χ1n) is 19.0. The lowest BCUT2D eigenvalue weighted by Crippen LogP contribution is -2.54. The quantitative estimate of drug-likeness (QED) is 0.198. The molecule has 5 fully saturated rings. The van der Waals surface area contributed by atoms with Gasteiger partial charge in [-0.15, -0.1) is 11.3 Å². The van der Waals surface area contributed by atoms with Crippen molar-refractivity contribution in [2.45, 2.75) is 140 Å². The summed E-state index contributed by atoms with van der Waals surface area (Å²) < 4.78 is 12.7. The number of benzene rings is 2. The van der Waals surface area contributed by atoms with Crippen molar-refractivity contribution in [1.82, 2.24) is 4.98 Å². The van der Waals surface area contributed by atoms with Crippen molar-refractivity contribution in [3.05, 3.63) is 64.8 Å². The molecule has 49 heavy (non-hydrogen) atoms. The van der Waals surface area contributed by atoms with E-state index in [4.69, 9.17) is 14.1 Å². The zero-order valence-electron chi connectivity index (χ0n) is 31.1. The summed E-state index contributed by atoms with van der Waals surface area (Å²) in [6.45, 7) is 14.6. The van der Waals surface area contributed by atoms with Crippen LogP contribution in [0, 0.1) is 18.3 Å². The Morgan fingerprint density at radius 2 is 1.69 bits per heavy atom. The van der Waals surface area contributed by atoms with Gasteiger partial charge in [0.05, 0.1) is 29.0 Å². The number of anilines is 1. The topological polar surface area (TPSA) is 51.7 Å². The van der Waals surface area contributed by atoms with Gasteiger partial charge in [-0.3, -0.25) is 4.79 Å². The number of amides is 1. The van der Waals surface area contributed by atoms with Gasteiger partial charge in [-0.2, -0.15) is 0 Å². The highest BCUT2D eigenvalue weighted by Crippen LogP contribution is 2.58. The van der Waals surface area contributed by atoms with Crippen LogP contribution >= 0.6 is 11.3 Å². The molecule has 7 heteroatoms. The molecule has 8 rings (SSSR count). The van der Waals surface area contributed by atoms with E-state index >= 15 is 4.79 Å². The average molecular weight is 699 g/mol. The number of methoxy groups -OCH3 is 1. The Morgan fingerprint density at radius 3 is 2.35 bits per heavy atom. The van der Waals surface area contributed by atoms with Crippen LogP contribution in [0.5, 0.6) is 5.75 Å². The second-order valence-corrected chi connectivity index (χ2v) is 23.4. The first kappa shape index (κ1) is 34.9. The van der Waals surface area contributed by atoms with Crippen molar-refractivity contribution in [2.75, 3.05) is 18.6 Å². The molecule has 2 bridgehead atoms. The fourth-order valence-corrected chi connectivity index (χ4v) is 11.3. The van der Waals surface area contributed by atoms with Gasteiger partial charge in [0, 0.05) is 24.3 Å². The normalized spacial score (nSPS) is 27.2. The smallest absolute Gasteiger partial charge is 0.232 e. The van der Waals surface area contributed by atoms with Crippen LogP contribution in [0.2, 0.25) is 18.1 Å². The predicted molar refractivity (Wildman–Crippen MR) is 205 cm³/mol. The average Bonchev–Trinajstić information content (AvgIpc) is 3.83. The van der Waals surface area contributed by atoms with Crippen molar-refractivity contribution in [3.63, 3.8) is 0 Å². The van der Waals surface area contributed by atoms with Gasteiger partial charge in [0.2, 0.25) is 5.91 Å². The van der Waals surface area contributed by atoms with E-state index in [0.717, 1.165) is 62.9 Å². The first-order valence-corrected chi connectivity index (χ1v) is 22.8. The van der Waals surface area contributed by atoms with Crippen LogP contribution in [0.25, 0.3) is 10.4 Å². The highest BCUT2D eigenvalue weighted by atomic mass is 32.1. The van der Waals surface area contributed by atoms with Gasteiger partial charge in [0.15, 0.2) is 8.32 Å². The second-order valence-electron chi connectivity index (χ2n) is 17.6. The molecule has 5 aliphatic rings. The fourth-order valence-electron chi connectivity index (χ4n) is 8.82. The number of carbonyl (C=O) groups is 1. The lowest BCUT2D eigenvalue weighted by atomic mass is 9.51. The van der Waals surface area contributed by atoms with Crippen molar-refractivity contribution in [3.8, 4) is 16.2 Å². The number of hydrogen-bond acceptors (Lipinski definition) is 5. The van der Waals surface area contributed by atoms with Crippen LogP contribution in [0.1, 0.15) is 120 Å². The largest absolute Gasteiger partial charge is 0.496 e. The number of thiazole rings is 1. The molecular weight excluding hydrogens is 641 g/mol. The molecule has 2 atom stereocenters. The minimum atomic E-state index is -2.04. The minimum absolute atomic E-state index is 0.00315. The number of fused-ring (bicyclic) bond motifs is 3. The van der Waals surface area contributed by atoms with Crippen molar-refractivity contribution in [1.29, 1.82) is 0 Å². The molecule has 264 valence electrons. The van der Waals surface area contributed by atoms with Crippen LogP contribution in [-0.2, 0) is 14.6 Å². The SMILES string of the molecule is COc1ccc(C23CCC(CN(C(=O)C4CCCCC4O[Si](C)(C)C(C)(C)C)c4cccc(-c5cnc(C6CC6)s5)c4)(CC2)CC3)cc1C. The van der Waals surface area contributed by atoms with Crippen molar-refractivity contribution >= 4 is 31.2 Å². The highest BCUT2D eigenvalue weighted by molar-refractivity contribution is 7.15. The molecule has 0 spiro atoms. The maximum Gasteiger partial charge on any atom is 0.232 e. The summed E-state index contributed by atoms with van der Waals surface area (Å²) in [4.78, 5) is 23.4. The highest BCUT2D eigenvalue weighted by Gasteiger charge is 2.51. The Morgan fingerprint density at radius 1 is 0.980 bits per heavy atom. The Balaban J connectivity index is 1.18. The zero-order valence-corrected chi connectivity index (χ0v) is 32.9. The molecule has 5 saturated carbocycles. The molecule has 2 aromatic carbocycles. The number of rotatable bonds is 10. The lowest BCUT2D eigenvalue weighted by Gasteiger charge is -2.55. The van der Waals surface area contributed by atoms with Crippen LogP contribution in [0.4, 0.5) is 5.69 Å². The summed E-state index contributed by atoms with van der Waals surface area (Å²) in [6, 6.07) is 15.7. The molecule has 1 amide bonds. The minimum Gasteiger partial charge on any atom is -0.496 e. The fraction of sp³-hybridized carbons (Fsp3) is 0.619. The summed E-state index contributed by atoms with van der Waals surface area (Å²) in [6.07, 6.45) is 15.8. The summed E-state index contributed by atoms with van der Waals surface area (Å²) in [7, 11) is -0.282. The van der Waals surface area contributed by atoms with Gasteiger partial charge in [-0.05, 0) is 135 Å². The van der Waals surface area contributed by atoms with Crippen LogP contribution in [0.15, 0.2) is 48.7 Å². The Kier molecular flexibility index (Phi) is 9.45. The molecule has 0 aliphatic heterocycles. The standard InChI is InChI=1S/C42H58N2O3SSi/c1-29-25-32(17-18-35(29)46-5)42-22-19-41(20-23-42,21-24-42)28-44(33-12-10-11-31(26-33)37-27-43-38(48-37)30-15-16-30)39(45)34-13-8-9-14-36(34)47-49(6,7)40(2,3)4/h10-12,17-18,25-27,30,34,36H,8-9,13-16,19-24,28H2,1-7H3. The number of ether oxygens (including phenoxy) is 1. The van der Waals surface area contributed by atoms with Gasteiger partial charge < -0.3 is 14.1 Å². The molecule has 0 N–H and O–H groups in total. The molecule has 2 unspecified atom stereocenters. The van der Waals surface area contributed by atoms with E-state index in [0.29, 0.717) is 5.92 Å².